The molecule has 0 amide bonds. The lowest BCUT2D eigenvalue weighted by Crippen LogP contribution is -2.31. The van der Waals surface area contributed by atoms with E-state index in [-0.39, 0.29) is 13.2 Å². The molecule has 1 rings (SSSR count). The lowest BCUT2D eigenvalue weighted by Gasteiger charge is -2.20. The number of hydrogen-bond acceptors (Lipinski definition) is 6. The van der Waals surface area contributed by atoms with Gasteiger partial charge in [0.05, 0.1) is 24.6 Å². The van der Waals surface area contributed by atoms with E-state index in [1.54, 1.807) is 4.90 Å². The minimum atomic E-state index is -0.00369. The molecule has 1 aromatic rings. The average Bonchev–Trinajstić information content (AvgIpc) is 2.22. The summed E-state index contributed by atoms with van der Waals surface area (Å²) in [4.78, 5) is 5.93. The predicted octanol–water partition coefficient (Wildman–Crippen LogP) is -0.721. The summed E-state index contributed by atoms with van der Waals surface area (Å²) in [5.74, 6) is 0.446. The average molecular weight is 212 g/mol. The van der Waals surface area contributed by atoms with E-state index in [2.05, 4.69) is 15.2 Å². The van der Waals surface area contributed by atoms with E-state index in [1.807, 2.05) is 13.8 Å². The SMILES string of the molecule is Cc1nnc(N(CCO)CCO)nc1C. The van der Waals surface area contributed by atoms with Crippen molar-refractivity contribution in [3.8, 4) is 0 Å². The lowest BCUT2D eigenvalue weighted by atomic mass is 10.4. The van der Waals surface area contributed by atoms with Crippen molar-refractivity contribution in [3.63, 3.8) is 0 Å². The Labute approximate surface area is 88.6 Å². The minimum absolute atomic E-state index is 0.00369. The molecule has 0 bridgehead atoms. The van der Waals surface area contributed by atoms with Crippen LogP contribution in [0.15, 0.2) is 0 Å². The molecule has 0 atom stereocenters. The zero-order chi connectivity index (χ0) is 11.3. The molecule has 0 aliphatic rings. The van der Waals surface area contributed by atoms with Crippen molar-refractivity contribution in [2.24, 2.45) is 0 Å². The summed E-state index contributed by atoms with van der Waals surface area (Å²) in [7, 11) is 0. The first kappa shape index (κ1) is 11.8. The van der Waals surface area contributed by atoms with Gasteiger partial charge in [0.2, 0.25) is 5.95 Å². The number of aliphatic hydroxyl groups excluding tert-OH is 2. The van der Waals surface area contributed by atoms with Crippen LogP contribution in [0.3, 0.4) is 0 Å². The van der Waals surface area contributed by atoms with Crippen molar-refractivity contribution in [2.45, 2.75) is 13.8 Å². The molecule has 84 valence electrons. The van der Waals surface area contributed by atoms with Crippen molar-refractivity contribution in [1.82, 2.24) is 15.2 Å². The van der Waals surface area contributed by atoms with Crippen LogP contribution in [-0.4, -0.2) is 51.7 Å². The highest BCUT2D eigenvalue weighted by Crippen LogP contribution is 2.07. The topological polar surface area (TPSA) is 82.4 Å². The number of rotatable bonds is 5. The predicted molar refractivity (Wildman–Crippen MR) is 55.7 cm³/mol. The van der Waals surface area contributed by atoms with Gasteiger partial charge in [-0.15, -0.1) is 5.10 Å². The number of hydrogen-bond donors (Lipinski definition) is 2. The van der Waals surface area contributed by atoms with E-state index in [0.29, 0.717) is 19.0 Å². The molecule has 6 nitrogen and oxygen atoms in total. The summed E-state index contributed by atoms with van der Waals surface area (Å²) < 4.78 is 0. The molecule has 1 heterocycles. The zero-order valence-corrected chi connectivity index (χ0v) is 9.01. The molecule has 0 spiro atoms. The fourth-order valence-corrected chi connectivity index (χ4v) is 1.13. The van der Waals surface area contributed by atoms with Gasteiger partial charge in [0.25, 0.3) is 0 Å². The second-order valence-electron chi connectivity index (χ2n) is 3.22. The monoisotopic (exact) mass is 212 g/mol. The second kappa shape index (κ2) is 5.57. The van der Waals surface area contributed by atoms with Crippen molar-refractivity contribution < 1.29 is 10.2 Å². The fourth-order valence-electron chi connectivity index (χ4n) is 1.13. The van der Waals surface area contributed by atoms with Crippen LogP contribution in [-0.2, 0) is 0 Å². The molecule has 6 heteroatoms. The molecule has 0 aliphatic carbocycles. The molecule has 0 fully saturated rings. The van der Waals surface area contributed by atoms with Gasteiger partial charge in [-0.3, -0.25) is 0 Å². The van der Waals surface area contributed by atoms with Crippen LogP contribution in [0.2, 0.25) is 0 Å². The van der Waals surface area contributed by atoms with Crippen LogP contribution in [0.5, 0.6) is 0 Å². The second-order valence-corrected chi connectivity index (χ2v) is 3.22. The Kier molecular flexibility index (Phi) is 4.38. The van der Waals surface area contributed by atoms with Gasteiger partial charge in [0.1, 0.15) is 0 Å². The highest BCUT2D eigenvalue weighted by molar-refractivity contribution is 5.29. The quantitative estimate of drug-likeness (QED) is 0.670. The molecule has 1 aromatic heterocycles. The van der Waals surface area contributed by atoms with Gasteiger partial charge < -0.3 is 15.1 Å². The van der Waals surface area contributed by atoms with Crippen LogP contribution in [0.25, 0.3) is 0 Å². The molecule has 0 saturated carbocycles. The first-order valence-electron chi connectivity index (χ1n) is 4.83. The summed E-state index contributed by atoms with van der Waals surface area (Å²) in [5.41, 5.74) is 1.59. The van der Waals surface area contributed by atoms with Gasteiger partial charge in [0, 0.05) is 13.1 Å². The molecule has 0 saturated heterocycles. The van der Waals surface area contributed by atoms with Crippen molar-refractivity contribution >= 4 is 5.95 Å². The molecule has 0 radical (unpaired) electrons. The summed E-state index contributed by atoms with van der Waals surface area (Å²) in [6.45, 7) is 4.47. The molecule has 2 N–H and O–H groups in total. The number of anilines is 1. The van der Waals surface area contributed by atoms with E-state index in [4.69, 9.17) is 10.2 Å². The number of aromatic nitrogens is 3. The third-order valence-electron chi connectivity index (χ3n) is 2.10. The number of aryl methyl sites for hydroxylation is 2. The number of nitrogens with zero attached hydrogens (tertiary/aromatic N) is 4. The number of aliphatic hydroxyl groups is 2. The molecule has 0 unspecified atom stereocenters. The van der Waals surface area contributed by atoms with E-state index < -0.39 is 0 Å². The van der Waals surface area contributed by atoms with Gasteiger partial charge in [0.15, 0.2) is 0 Å². The van der Waals surface area contributed by atoms with E-state index in [1.165, 1.54) is 0 Å². The maximum absolute atomic E-state index is 8.85. The summed E-state index contributed by atoms with van der Waals surface area (Å²) in [5, 5.41) is 25.6. The summed E-state index contributed by atoms with van der Waals surface area (Å²) in [6.07, 6.45) is 0. The van der Waals surface area contributed by atoms with Crippen LogP contribution in [0, 0.1) is 13.8 Å². The van der Waals surface area contributed by atoms with Crippen molar-refractivity contribution in [3.05, 3.63) is 11.4 Å². The molecule has 0 aromatic carbocycles. The fraction of sp³-hybridized carbons (Fsp3) is 0.667. The minimum Gasteiger partial charge on any atom is -0.395 e. The van der Waals surface area contributed by atoms with E-state index in [0.717, 1.165) is 11.4 Å². The molecule has 0 aliphatic heterocycles. The van der Waals surface area contributed by atoms with Gasteiger partial charge in [-0.05, 0) is 13.8 Å². The maximum Gasteiger partial charge on any atom is 0.245 e. The van der Waals surface area contributed by atoms with Crippen LogP contribution >= 0.6 is 0 Å². The first-order chi connectivity index (χ1) is 7.19. The Hall–Kier alpha value is -1.27. The van der Waals surface area contributed by atoms with Gasteiger partial charge >= 0.3 is 0 Å². The Morgan fingerprint density at radius 1 is 1.00 bits per heavy atom. The van der Waals surface area contributed by atoms with Gasteiger partial charge in [-0.1, -0.05) is 0 Å². The standard InChI is InChI=1S/C9H16N4O2/c1-7-8(2)11-12-9(10-7)13(3-5-14)4-6-15/h14-15H,3-6H2,1-2H3. The highest BCUT2D eigenvalue weighted by Gasteiger charge is 2.10. The normalized spacial score (nSPS) is 10.4. The van der Waals surface area contributed by atoms with Crippen molar-refractivity contribution in [1.29, 1.82) is 0 Å². The smallest absolute Gasteiger partial charge is 0.245 e. The largest absolute Gasteiger partial charge is 0.395 e. The van der Waals surface area contributed by atoms with Crippen LogP contribution in [0.1, 0.15) is 11.4 Å². The van der Waals surface area contributed by atoms with Crippen LogP contribution in [0.4, 0.5) is 5.95 Å². The van der Waals surface area contributed by atoms with Crippen LogP contribution < -0.4 is 4.90 Å². The first-order valence-corrected chi connectivity index (χ1v) is 4.83. The molecular weight excluding hydrogens is 196 g/mol. The highest BCUT2D eigenvalue weighted by atomic mass is 16.3. The van der Waals surface area contributed by atoms with Crippen molar-refractivity contribution in [2.75, 3.05) is 31.2 Å². The molecular formula is C9H16N4O2. The summed E-state index contributed by atoms with van der Waals surface area (Å²) in [6, 6.07) is 0. The Balaban J connectivity index is 2.85. The Morgan fingerprint density at radius 3 is 2.07 bits per heavy atom. The van der Waals surface area contributed by atoms with E-state index in [9.17, 15) is 0 Å². The van der Waals surface area contributed by atoms with Gasteiger partial charge in [-0.25, -0.2) is 4.98 Å². The summed E-state index contributed by atoms with van der Waals surface area (Å²) >= 11 is 0. The third kappa shape index (κ3) is 3.10. The van der Waals surface area contributed by atoms with Gasteiger partial charge in [-0.2, -0.15) is 5.10 Å². The maximum atomic E-state index is 8.85. The van der Waals surface area contributed by atoms with E-state index >= 15 is 0 Å². The Bertz CT molecular complexity index is 313. The lowest BCUT2D eigenvalue weighted by molar-refractivity contribution is 0.280. The molecule has 15 heavy (non-hydrogen) atoms. The third-order valence-corrected chi connectivity index (χ3v) is 2.10. The Morgan fingerprint density at radius 2 is 1.60 bits per heavy atom. The zero-order valence-electron chi connectivity index (χ0n) is 9.01.